The van der Waals surface area contributed by atoms with Gasteiger partial charge in [0.1, 0.15) is 6.61 Å². The van der Waals surface area contributed by atoms with Gasteiger partial charge in [0, 0.05) is 13.0 Å². The SMILES string of the molecule is CC(C)C[C@H](CNC(=O)COC(C)(C)C)CC(=O)O. The number of hydrogen-bond acceptors (Lipinski definition) is 3. The van der Waals surface area contributed by atoms with Gasteiger partial charge in [0.05, 0.1) is 5.60 Å². The van der Waals surface area contributed by atoms with Gasteiger partial charge in [-0.2, -0.15) is 0 Å². The molecule has 0 aromatic carbocycles. The number of carboxylic acid groups (broad SMARTS) is 1. The summed E-state index contributed by atoms with van der Waals surface area (Å²) in [7, 11) is 0. The molecule has 0 saturated carbocycles. The summed E-state index contributed by atoms with van der Waals surface area (Å²) in [6, 6.07) is 0. The number of aliphatic carboxylic acids is 1. The highest BCUT2D eigenvalue weighted by atomic mass is 16.5. The average Bonchev–Trinajstić information content (AvgIpc) is 2.20. The van der Waals surface area contributed by atoms with Gasteiger partial charge in [-0.3, -0.25) is 9.59 Å². The third-order valence-corrected chi connectivity index (χ3v) is 2.49. The molecule has 5 heteroatoms. The molecule has 2 N–H and O–H groups in total. The van der Waals surface area contributed by atoms with Crippen LogP contribution in [-0.2, 0) is 14.3 Å². The second-order valence-corrected chi connectivity index (χ2v) is 6.30. The minimum atomic E-state index is -0.828. The molecule has 0 aliphatic heterocycles. The molecule has 0 spiro atoms. The van der Waals surface area contributed by atoms with Crippen LogP contribution in [0.2, 0.25) is 0 Å². The summed E-state index contributed by atoms with van der Waals surface area (Å²) >= 11 is 0. The number of nitrogens with one attached hydrogen (secondary N) is 1. The maximum absolute atomic E-state index is 11.6. The fourth-order valence-electron chi connectivity index (χ4n) is 1.74. The number of carbonyl (C=O) groups is 2. The van der Waals surface area contributed by atoms with E-state index in [9.17, 15) is 9.59 Å². The minimum Gasteiger partial charge on any atom is -0.481 e. The number of carbonyl (C=O) groups excluding carboxylic acids is 1. The first kappa shape index (κ1) is 17.9. The highest BCUT2D eigenvalue weighted by Gasteiger charge is 2.17. The summed E-state index contributed by atoms with van der Waals surface area (Å²) < 4.78 is 5.36. The summed E-state index contributed by atoms with van der Waals surface area (Å²) in [5.74, 6) is -0.650. The molecular formula is C14H27NO4. The largest absolute Gasteiger partial charge is 0.481 e. The molecule has 5 nitrogen and oxygen atoms in total. The smallest absolute Gasteiger partial charge is 0.303 e. The van der Waals surface area contributed by atoms with Crippen molar-refractivity contribution in [2.45, 2.75) is 53.1 Å². The summed E-state index contributed by atoms with van der Waals surface area (Å²) in [5.41, 5.74) is -0.351. The third kappa shape index (κ3) is 11.7. The lowest BCUT2D eigenvalue weighted by atomic mass is 9.94. The Bertz CT molecular complexity index is 294. The Morgan fingerprint density at radius 2 is 1.84 bits per heavy atom. The van der Waals surface area contributed by atoms with Gasteiger partial charge in [-0.15, -0.1) is 0 Å². The Labute approximate surface area is 115 Å². The fourth-order valence-corrected chi connectivity index (χ4v) is 1.74. The molecule has 0 aliphatic rings. The Hall–Kier alpha value is -1.10. The first-order chi connectivity index (χ1) is 8.60. The Morgan fingerprint density at radius 3 is 2.26 bits per heavy atom. The van der Waals surface area contributed by atoms with Gasteiger partial charge in [0.15, 0.2) is 0 Å². The Kier molecular flexibility index (Phi) is 7.68. The molecule has 19 heavy (non-hydrogen) atoms. The number of ether oxygens (including phenoxy) is 1. The maximum atomic E-state index is 11.6. The number of hydrogen-bond donors (Lipinski definition) is 2. The van der Waals surface area contributed by atoms with Crippen LogP contribution in [0.25, 0.3) is 0 Å². The van der Waals surface area contributed by atoms with Gasteiger partial charge in [-0.05, 0) is 39.0 Å². The van der Waals surface area contributed by atoms with E-state index in [0.29, 0.717) is 12.5 Å². The van der Waals surface area contributed by atoms with Crippen LogP contribution in [0.3, 0.4) is 0 Å². The Morgan fingerprint density at radius 1 is 1.26 bits per heavy atom. The van der Waals surface area contributed by atoms with Gasteiger partial charge in [0.25, 0.3) is 0 Å². The van der Waals surface area contributed by atoms with Crippen molar-refractivity contribution in [1.29, 1.82) is 0 Å². The molecule has 0 unspecified atom stereocenters. The summed E-state index contributed by atoms with van der Waals surface area (Å²) in [6.45, 7) is 10.1. The molecule has 0 heterocycles. The van der Waals surface area contributed by atoms with Crippen LogP contribution in [0.4, 0.5) is 0 Å². The summed E-state index contributed by atoms with van der Waals surface area (Å²) in [6.07, 6.45) is 0.866. The van der Waals surface area contributed by atoms with E-state index in [1.165, 1.54) is 0 Å². The normalized spacial score (nSPS) is 13.4. The lowest BCUT2D eigenvalue weighted by Gasteiger charge is -2.21. The van der Waals surface area contributed by atoms with Crippen molar-refractivity contribution < 1.29 is 19.4 Å². The van der Waals surface area contributed by atoms with E-state index in [2.05, 4.69) is 5.32 Å². The van der Waals surface area contributed by atoms with E-state index in [0.717, 1.165) is 6.42 Å². The molecule has 0 aromatic heterocycles. The predicted molar refractivity (Wildman–Crippen MR) is 73.9 cm³/mol. The molecule has 0 rings (SSSR count). The highest BCUT2D eigenvalue weighted by Crippen LogP contribution is 2.14. The molecule has 0 aromatic rings. The zero-order chi connectivity index (χ0) is 15.1. The molecular weight excluding hydrogens is 246 g/mol. The van der Waals surface area contributed by atoms with Crippen LogP contribution < -0.4 is 5.32 Å². The van der Waals surface area contributed by atoms with Crippen molar-refractivity contribution in [2.24, 2.45) is 11.8 Å². The maximum Gasteiger partial charge on any atom is 0.303 e. The molecule has 112 valence electrons. The van der Waals surface area contributed by atoms with Crippen LogP contribution in [-0.4, -0.2) is 35.7 Å². The van der Waals surface area contributed by atoms with E-state index in [1.54, 1.807) is 0 Å². The van der Waals surface area contributed by atoms with E-state index >= 15 is 0 Å². The predicted octanol–water partition coefficient (Wildman–Crippen LogP) is 2.05. The quantitative estimate of drug-likeness (QED) is 0.709. The lowest BCUT2D eigenvalue weighted by Crippen LogP contribution is -2.35. The number of amides is 1. The van der Waals surface area contributed by atoms with E-state index < -0.39 is 5.97 Å². The molecule has 1 amide bonds. The van der Waals surface area contributed by atoms with Crippen LogP contribution in [0.15, 0.2) is 0 Å². The van der Waals surface area contributed by atoms with Gasteiger partial charge in [-0.25, -0.2) is 0 Å². The van der Waals surface area contributed by atoms with Crippen LogP contribution in [0.5, 0.6) is 0 Å². The zero-order valence-electron chi connectivity index (χ0n) is 12.7. The van der Waals surface area contributed by atoms with Crippen LogP contribution in [0.1, 0.15) is 47.5 Å². The highest BCUT2D eigenvalue weighted by molar-refractivity contribution is 5.77. The van der Waals surface area contributed by atoms with Gasteiger partial charge < -0.3 is 15.2 Å². The van der Waals surface area contributed by atoms with E-state index in [-0.39, 0.29) is 30.5 Å². The van der Waals surface area contributed by atoms with Crippen LogP contribution in [0, 0.1) is 11.8 Å². The fraction of sp³-hybridized carbons (Fsp3) is 0.857. The van der Waals surface area contributed by atoms with E-state index in [4.69, 9.17) is 9.84 Å². The average molecular weight is 273 g/mol. The topological polar surface area (TPSA) is 75.6 Å². The van der Waals surface area contributed by atoms with E-state index in [1.807, 2.05) is 34.6 Å². The summed E-state index contributed by atoms with van der Waals surface area (Å²) in [4.78, 5) is 22.3. The van der Waals surface area contributed by atoms with Gasteiger partial charge >= 0.3 is 5.97 Å². The zero-order valence-corrected chi connectivity index (χ0v) is 12.7. The standard InChI is InChI=1S/C14H27NO4/c1-10(2)6-11(7-13(17)18)8-15-12(16)9-19-14(3,4)5/h10-11H,6-9H2,1-5H3,(H,15,16)(H,17,18)/t11-/m0/s1. The molecule has 0 fully saturated rings. The lowest BCUT2D eigenvalue weighted by molar-refractivity contribution is -0.138. The monoisotopic (exact) mass is 273 g/mol. The second-order valence-electron chi connectivity index (χ2n) is 6.30. The van der Waals surface area contributed by atoms with Crippen LogP contribution >= 0.6 is 0 Å². The van der Waals surface area contributed by atoms with Crippen molar-refractivity contribution in [3.05, 3.63) is 0 Å². The summed E-state index contributed by atoms with van der Waals surface area (Å²) in [5, 5.41) is 11.6. The number of rotatable bonds is 8. The van der Waals surface area contributed by atoms with Crippen molar-refractivity contribution >= 4 is 11.9 Å². The minimum absolute atomic E-state index is 0.00493. The van der Waals surface area contributed by atoms with Crippen molar-refractivity contribution in [1.82, 2.24) is 5.32 Å². The van der Waals surface area contributed by atoms with Gasteiger partial charge in [-0.1, -0.05) is 13.8 Å². The second kappa shape index (κ2) is 8.15. The van der Waals surface area contributed by atoms with Gasteiger partial charge in [0.2, 0.25) is 5.91 Å². The number of carboxylic acids is 1. The Balaban J connectivity index is 4.08. The molecule has 0 bridgehead atoms. The first-order valence-corrected chi connectivity index (χ1v) is 6.72. The van der Waals surface area contributed by atoms with Crippen molar-refractivity contribution in [2.75, 3.05) is 13.2 Å². The first-order valence-electron chi connectivity index (χ1n) is 6.72. The third-order valence-electron chi connectivity index (χ3n) is 2.49. The molecule has 0 aliphatic carbocycles. The van der Waals surface area contributed by atoms with Crippen molar-refractivity contribution in [3.63, 3.8) is 0 Å². The molecule has 0 radical (unpaired) electrons. The molecule has 1 atom stereocenters. The van der Waals surface area contributed by atoms with Crippen molar-refractivity contribution in [3.8, 4) is 0 Å². The molecule has 0 saturated heterocycles.